The summed E-state index contributed by atoms with van der Waals surface area (Å²) in [5.74, 6) is 1.91. The van der Waals surface area contributed by atoms with Crippen LogP contribution in [0.2, 0.25) is 0 Å². The molecule has 4 aromatic rings. The first-order chi connectivity index (χ1) is 11.8. The molecule has 0 bridgehead atoms. The molecule has 24 heavy (non-hydrogen) atoms. The zero-order valence-electron chi connectivity index (χ0n) is 13.1. The molecule has 3 aromatic heterocycles. The van der Waals surface area contributed by atoms with Gasteiger partial charge in [0.05, 0.1) is 18.7 Å². The molecule has 0 atom stereocenters. The normalized spacial score (nSPS) is 11.2. The van der Waals surface area contributed by atoms with E-state index in [1.54, 1.807) is 23.9 Å². The number of aromatic nitrogens is 3. The Kier molecular flexibility index (Phi) is 3.55. The average Bonchev–Trinajstić information content (AvgIpc) is 3.22. The topological polar surface area (TPSA) is 87.8 Å². The monoisotopic (exact) mass is 324 g/mol. The number of fused-ring (bicyclic) bond motifs is 2. The molecule has 0 spiro atoms. The highest BCUT2D eigenvalue weighted by Gasteiger charge is 2.15. The summed E-state index contributed by atoms with van der Waals surface area (Å²) in [4.78, 5) is 4.36. The molecule has 7 heteroatoms. The summed E-state index contributed by atoms with van der Waals surface area (Å²) in [5, 5.41) is 5.35. The van der Waals surface area contributed by atoms with Gasteiger partial charge in [-0.3, -0.25) is 0 Å². The molecule has 0 unspecified atom stereocenters. The number of rotatable bonds is 5. The van der Waals surface area contributed by atoms with Crippen LogP contribution < -0.4 is 15.2 Å². The number of nitrogens with zero attached hydrogens (tertiary/aromatic N) is 3. The molecule has 7 nitrogen and oxygen atoms in total. The van der Waals surface area contributed by atoms with Gasteiger partial charge >= 0.3 is 0 Å². The van der Waals surface area contributed by atoms with E-state index in [9.17, 15) is 0 Å². The van der Waals surface area contributed by atoms with Crippen molar-refractivity contribution in [2.75, 3.05) is 20.3 Å². The van der Waals surface area contributed by atoms with Crippen LogP contribution in [0.3, 0.4) is 0 Å². The minimum Gasteiger partial charge on any atom is -0.496 e. The number of furan rings is 1. The molecule has 122 valence electrons. The van der Waals surface area contributed by atoms with Crippen molar-refractivity contribution in [3.05, 3.63) is 42.6 Å². The molecule has 2 N–H and O–H groups in total. The van der Waals surface area contributed by atoms with Gasteiger partial charge in [-0.1, -0.05) is 6.07 Å². The Morgan fingerprint density at radius 1 is 1.25 bits per heavy atom. The lowest BCUT2D eigenvalue weighted by molar-refractivity contribution is 0.310. The second-order valence-corrected chi connectivity index (χ2v) is 5.20. The van der Waals surface area contributed by atoms with Gasteiger partial charge in [-0.05, 0) is 24.3 Å². The smallest absolute Gasteiger partial charge is 0.231 e. The van der Waals surface area contributed by atoms with Crippen LogP contribution in [0.1, 0.15) is 0 Å². The Hall–Kier alpha value is -3.06. The highest BCUT2D eigenvalue weighted by atomic mass is 16.5. The third kappa shape index (κ3) is 2.35. The number of nitrogens with two attached hydrogens (primary N) is 1. The van der Waals surface area contributed by atoms with Crippen LogP contribution in [0.4, 0.5) is 0 Å². The fraction of sp³-hybridized carbons (Fsp3) is 0.176. The van der Waals surface area contributed by atoms with Crippen LogP contribution in [-0.4, -0.2) is 34.9 Å². The lowest BCUT2D eigenvalue weighted by Crippen LogP contribution is -2.12. The predicted molar refractivity (Wildman–Crippen MR) is 89.3 cm³/mol. The first-order valence-electron chi connectivity index (χ1n) is 7.55. The quantitative estimate of drug-likeness (QED) is 0.607. The second-order valence-electron chi connectivity index (χ2n) is 5.20. The van der Waals surface area contributed by atoms with Crippen molar-refractivity contribution in [3.63, 3.8) is 0 Å². The van der Waals surface area contributed by atoms with E-state index in [0.29, 0.717) is 30.4 Å². The predicted octanol–water partition coefficient (Wildman–Crippen LogP) is 2.49. The van der Waals surface area contributed by atoms with Crippen LogP contribution >= 0.6 is 0 Å². The van der Waals surface area contributed by atoms with Gasteiger partial charge in [0.25, 0.3) is 0 Å². The van der Waals surface area contributed by atoms with Crippen LogP contribution in [0.15, 0.2) is 47.0 Å². The molecule has 0 fully saturated rings. The number of ether oxygens (including phenoxy) is 2. The van der Waals surface area contributed by atoms with Crippen LogP contribution in [0, 0.1) is 0 Å². The molecule has 0 amide bonds. The third-order valence-corrected chi connectivity index (χ3v) is 3.70. The van der Waals surface area contributed by atoms with Gasteiger partial charge in [0.1, 0.15) is 23.6 Å². The highest BCUT2D eigenvalue weighted by molar-refractivity contribution is 5.88. The molecule has 0 aliphatic rings. The fourth-order valence-corrected chi connectivity index (χ4v) is 2.60. The van der Waals surface area contributed by atoms with Gasteiger partial charge in [-0.15, -0.1) is 5.10 Å². The number of benzene rings is 1. The van der Waals surface area contributed by atoms with E-state index in [1.165, 1.54) is 0 Å². The van der Waals surface area contributed by atoms with Crippen molar-refractivity contribution in [2.45, 2.75) is 0 Å². The largest absolute Gasteiger partial charge is 0.496 e. The van der Waals surface area contributed by atoms with E-state index in [1.807, 2.05) is 30.3 Å². The van der Waals surface area contributed by atoms with Crippen molar-refractivity contribution >= 4 is 16.6 Å². The van der Waals surface area contributed by atoms with Crippen molar-refractivity contribution in [2.24, 2.45) is 5.73 Å². The molecule has 4 rings (SSSR count). The van der Waals surface area contributed by atoms with Crippen molar-refractivity contribution < 1.29 is 13.9 Å². The first kappa shape index (κ1) is 14.5. The molecule has 0 saturated carbocycles. The second kappa shape index (κ2) is 5.86. The zero-order chi connectivity index (χ0) is 16.5. The zero-order valence-corrected chi connectivity index (χ0v) is 13.1. The Morgan fingerprint density at radius 3 is 3.00 bits per heavy atom. The number of imidazole rings is 1. The summed E-state index contributed by atoms with van der Waals surface area (Å²) in [6, 6.07) is 11.2. The minimum absolute atomic E-state index is 0.407. The third-order valence-electron chi connectivity index (χ3n) is 3.70. The maximum atomic E-state index is 5.94. The molecule has 0 radical (unpaired) electrons. The maximum Gasteiger partial charge on any atom is 0.231 e. The average molecular weight is 324 g/mol. The van der Waals surface area contributed by atoms with E-state index in [0.717, 1.165) is 22.4 Å². The summed E-state index contributed by atoms with van der Waals surface area (Å²) in [6.45, 7) is 0.838. The summed E-state index contributed by atoms with van der Waals surface area (Å²) in [6.07, 6.45) is 1.72. The number of hydrogen-bond donors (Lipinski definition) is 1. The highest BCUT2D eigenvalue weighted by Crippen LogP contribution is 2.33. The standard InChI is InChI=1S/C17H16N4O3/c1-22-13-3-2-4-14-11(13)9-15(24-14)12-10-19-16-5-6-17(20-21(12)16)23-8-7-18/h2-6,9-10H,7-8,18H2,1H3. The molecule has 1 aromatic carbocycles. The van der Waals surface area contributed by atoms with Crippen LogP contribution in [-0.2, 0) is 0 Å². The van der Waals surface area contributed by atoms with E-state index in [4.69, 9.17) is 19.6 Å². The Balaban J connectivity index is 1.83. The molecular weight excluding hydrogens is 308 g/mol. The Labute approximate surface area is 137 Å². The summed E-state index contributed by atoms with van der Waals surface area (Å²) >= 11 is 0. The number of hydrogen-bond acceptors (Lipinski definition) is 6. The van der Waals surface area contributed by atoms with Gasteiger partial charge in [0.15, 0.2) is 11.4 Å². The van der Waals surface area contributed by atoms with Gasteiger partial charge in [-0.25, -0.2) is 9.50 Å². The number of methoxy groups -OCH3 is 1. The van der Waals surface area contributed by atoms with Gasteiger partial charge in [0, 0.05) is 12.6 Å². The van der Waals surface area contributed by atoms with E-state index in [-0.39, 0.29) is 0 Å². The Morgan fingerprint density at radius 2 is 2.17 bits per heavy atom. The lowest BCUT2D eigenvalue weighted by atomic mass is 10.2. The van der Waals surface area contributed by atoms with Crippen molar-refractivity contribution in [1.82, 2.24) is 14.6 Å². The van der Waals surface area contributed by atoms with Gasteiger partial charge in [0.2, 0.25) is 5.88 Å². The molecular formula is C17H16N4O3. The first-order valence-corrected chi connectivity index (χ1v) is 7.55. The molecule has 0 aliphatic carbocycles. The van der Waals surface area contributed by atoms with Gasteiger partial charge < -0.3 is 19.6 Å². The van der Waals surface area contributed by atoms with E-state index in [2.05, 4.69) is 10.1 Å². The fourth-order valence-electron chi connectivity index (χ4n) is 2.60. The maximum absolute atomic E-state index is 5.94. The van der Waals surface area contributed by atoms with Gasteiger partial charge in [-0.2, -0.15) is 0 Å². The Bertz CT molecular complexity index is 1010. The summed E-state index contributed by atoms with van der Waals surface area (Å²) in [5.41, 5.74) is 7.65. The van der Waals surface area contributed by atoms with Crippen molar-refractivity contribution in [3.8, 4) is 23.1 Å². The lowest BCUT2D eigenvalue weighted by Gasteiger charge is -2.04. The molecule has 0 aliphatic heterocycles. The SMILES string of the molecule is COc1cccc2oc(-c3cnc4ccc(OCCN)nn34)cc12. The summed E-state index contributed by atoms with van der Waals surface area (Å²) in [7, 11) is 1.64. The summed E-state index contributed by atoms with van der Waals surface area (Å²) < 4.78 is 18.5. The van der Waals surface area contributed by atoms with Crippen LogP contribution in [0.25, 0.3) is 28.1 Å². The molecule has 0 saturated heterocycles. The van der Waals surface area contributed by atoms with E-state index < -0.39 is 0 Å². The van der Waals surface area contributed by atoms with Crippen LogP contribution in [0.5, 0.6) is 11.6 Å². The molecule has 3 heterocycles. The minimum atomic E-state index is 0.407. The van der Waals surface area contributed by atoms with Crippen molar-refractivity contribution in [1.29, 1.82) is 0 Å². The van der Waals surface area contributed by atoms with E-state index >= 15 is 0 Å².